The summed E-state index contributed by atoms with van der Waals surface area (Å²) in [5.74, 6) is 0. The monoisotopic (exact) mass is 422 g/mol. The van der Waals surface area contributed by atoms with Crippen LogP contribution in [-0.4, -0.2) is 57.6 Å². The number of carbonyl (C=O) groups excluding carboxylic acids is 1. The largest absolute Gasteiger partial charge is 0.444 e. The summed E-state index contributed by atoms with van der Waals surface area (Å²) in [4.78, 5) is 13.8. The molecule has 0 radical (unpaired) electrons. The maximum atomic E-state index is 12.7. The van der Waals surface area contributed by atoms with Crippen LogP contribution in [-0.2, 0) is 20.4 Å². The lowest BCUT2D eigenvalue weighted by Gasteiger charge is -2.37. The fourth-order valence-electron chi connectivity index (χ4n) is 3.04. The van der Waals surface area contributed by atoms with E-state index in [0.717, 1.165) is 9.65 Å². The minimum Gasteiger partial charge on any atom is -0.444 e. The summed E-state index contributed by atoms with van der Waals surface area (Å²) in [7, 11) is -3.90. The van der Waals surface area contributed by atoms with Crippen molar-refractivity contribution in [2.75, 3.05) is 13.1 Å². The number of likely N-dealkylation sites (tertiary alicyclic amines) is 1. The summed E-state index contributed by atoms with van der Waals surface area (Å²) >= 11 is 0. The molecule has 158 valence electrons. The molecule has 1 fully saturated rings. The highest BCUT2D eigenvalue weighted by atomic mass is 32.2. The number of rotatable bonds is 3. The van der Waals surface area contributed by atoms with E-state index >= 15 is 0 Å². The molecule has 1 N–H and O–H groups in total. The molecular weight excluding hydrogens is 396 g/mol. The molecule has 0 unspecified atom stereocenters. The van der Waals surface area contributed by atoms with Crippen molar-refractivity contribution < 1.29 is 23.1 Å². The number of piperidine rings is 1. The van der Waals surface area contributed by atoms with Crippen LogP contribution in [0.5, 0.6) is 0 Å². The number of ether oxygens (including phenoxy) is 1. The Labute approximate surface area is 170 Å². The molecule has 0 saturated carbocycles. The Morgan fingerprint density at radius 3 is 2.31 bits per heavy atom. The lowest BCUT2D eigenvalue weighted by molar-refractivity contribution is -0.0381. The third kappa shape index (κ3) is 4.59. The van der Waals surface area contributed by atoms with Gasteiger partial charge in [-0.05, 0) is 52.7 Å². The van der Waals surface area contributed by atoms with E-state index in [9.17, 15) is 18.3 Å². The van der Waals surface area contributed by atoms with Gasteiger partial charge in [0.25, 0.3) is 10.0 Å². The first-order valence-electron chi connectivity index (χ1n) is 9.36. The zero-order chi connectivity index (χ0) is 21.4. The average Bonchev–Trinajstić information content (AvgIpc) is 3.13. The Morgan fingerprint density at radius 2 is 1.76 bits per heavy atom. The number of aryl methyl sites for hydroxylation is 1. The second-order valence-corrected chi connectivity index (χ2v) is 10.1. The summed E-state index contributed by atoms with van der Waals surface area (Å²) < 4.78 is 31.6. The van der Waals surface area contributed by atoms with Gasteiger partial charge in [-0.2, -0.15) is 8.42 Å². The Morgan fingerprint density at radius 1 is 1.17 bits per heavy atom. The molecule has 0 spiro atoms. The third-order valence-electron chi connectivity index (χ3n) is 4.76. The van der Waals surface area contributed by atoms with Crippen LogP contribution in [0.25, 0.3) is 0 Å². The van der Waals surface area contributed by atoms with Crippen molar-refractivity contribution in [3.05, 3.63) is 41.7 Å². The lowest BCUT2D eigenvalue weighted by Crippen LogP contribution is -2.47. The van der Waals surface area contributed by atoms with Crippen molar-refractivity contribution in [2.24, 2.45) is 0 Å². The smallest absolute Gasteiger partial charge is 0.410 e. The van der Waals surface area contributed by atoms with E-state index in [0.29, 0.717) is 0 Å². The Balaban J connectivity index is 1.74. The number of carbonyl (C=O) groups is 1. The van der Waals surface area contributed by atoms with Crippen molar-refractivity contribution in [3.8, 4) is 0 Å². The molecule has 0 bridgehead atoms. The second-order valence-electron chi connectivity index (χ2n) is 8.29. The molecule has 2 heterocycles. The predicted molar refractivity (Wildman–Crippen MR) is 105 cm³/mol. The van der Waals surface area contributed by atoms with Gasteiger partial charge in [0.1, 0.15) is 16.9 Å². The zero-order valence-corrected chi connectivity index (χ0v) is 17.8. The molecule has 9 nitrogen and oxygen atoms in total. The number of aliphatic hydroxyl groups is 1. The molecule has 1 aromatic carbocycles. The highest BCUT2D eigenvalue weighted by Crippen LogP contribution is 2.32. The Hall–Kier alpha value is -2.46. The van der Waals surface area contributed by atoms with Crippen LogP contribution in [0.1, 0.15) is 44.9 Å². The van der Waals surface area contributed by atoms with Gasteiger partial charge in [-0.3, -0.25) is 0 Å². The third-order valence-corrected chi connectivity index (χ3v) is 6.30. The number of amides is 1. The van der Waals surface area contributed by atoms with E-state index in [4.69, 9.17) is 4.74 Å². The van der Waals surface area contributed by atoms with Crippen molar-refractivity contribution in [2.45, 2.75) is 56.6 Å². The Kier molecular flexibility index (Phi) is 5.44. The summed E-state index contributed by atoms with van der Waals surface area (Å²) in [6.45, 7) is 7.77. The van der Waals surface area contributed by atoms with E-state index in [1.54, 1.807) is 32.9 Å². The molecule has 1 saturated heterocycles. The maximum absolute atomic E-state index is 12.7. The highest BCUT2D eigenvalue weighted by Gasteiger charge is 2.39. The molecule has 29 heavy (non-hydrogen) atoms. The first-order chi connectivity index (χ1) is 13.4. The zero-order valence-electron chi connectivity index (χ0n) is 17.0. The average molecular weight is 423 g/mol. The number of hydrogen-bond donors (Lipinski definition) is 1. The fraction of sp³-hybridized carbons (Fsp3) is 0.526. The van der Waals surface area contributed by atoms with Crippen LogP contribution in [0.4, 0.5) is 4.79 Å². The number of nitrogens with zero attached hydrogens (tertiary/aromatic N) is 4. The van der Waals surface area contributed by atoms with Gasteiger partial charge in [-0.1, -0.05) is 22.9 Å². The number of benzene rings is 1. The topological polar surface area (TPSA) is 115 Å². The fourth-order valence-corrected chi connectivity index (χ4v) is 4.11. The van der Waals surface area contributed by atoms with Gasteiger partial charge in [-0.15, -0.1) is 9.19 Å². The normalized spacial score (nSPS) is 17.2. The van der Waals surface area contributed by atoms with E-state index in [-0.39, 0.29) is 36.5 Å². The molecular formula is C19H26N4O5S. The SMILES string of the molecule is Cc1ccc(S(=O)(=O)n2cc(C3(O)CCN(C(=O)OC(C)(C)C)CC3)nn2)cc1. The van der Waals surface area contributed by atoms with Gasteiger partial charge in [0.05, 0.1) is 11.1 Å². The first-order valence-corrected chi connectivity index (χ1v) is 10.8. The molecule has 1 aromatic heterocycles. The molecule has 1 amide bonds. The molecule has 1 aliphatic rings. The molecule has 0 aliphatic carbocycles. The standard InChI is InChI=1S/C19H26N4O5S/c1-14-5-7-15(8-6-14)29(26,27)23-13-16(20-21-23)19(25)9-11-22(12-10-19)17(24)28-18(2,3)4/h5-8,13,25H,9-12H2,1-4H3. The van der Waals surface area contributed by atoms with E-state index < -0.39 is 27.3 Å². The Bertz CT molecular complexity index is 984. The lowest BCUT2D eigenvalue weighted by atomic mass is 9.89. The van der Waals surface area contributed by atoms with Gasteiger partial charge >= 0.3 is 6.09 Å². The summed E-state index contributed by atoms with van der Waals surface area (Å²) in [6.07, 6.45) is 1.20. The van der Waals surface area contributed by atoms with Gasteiger partial charge in [0.2, 0.25) is 0 Å². The van der Waals surface area contributed by atoms with E-state index in [2.05, 4.69) is 10.3 Å². The summed E-state index contributed by atoms with van der Waals surface area (Å²) in [5, 5.41) is 18.6. The molecule has 2 aromatic rings. The van der Waals surface area contributed by atoms with Crippen LogP contribution in [0, 0.1) is 6.92 Å². The summed E-state index contributed by atoms with van der Waals surface area (Å²) in [5.41, 5.74) is -0.858. The van der Waals surface area contributed by atoms with Gasteiger partial charge in [0, 0.05) is 13.1 Å². The van der Waals surface area contributed by atoms with Crippen LogP contribution in [0.2, 0.25) is 0 Å². The quantitative estimate of drug-likeness (QED) is 0.805. The number of aromatic nitrogens is 3. The summed E-state index contributed by atoms with van der Waals surface area (Å²) in [6, 6.07) is 6.40. The van der Waals surface area contributed by atoms with Gasteiger partial charge < -0.3 is 14.7 Å². The minimum absolute atomic E-state index is 0.0892. The van der Waals surface area contributed by atoms with Crippen molar-refractivity contribution in [1.29, 1.82) is 0 Å². The van der Waals surface area contributed by atoms with Crippen LogP contribution >= 0.6 is 0 Å². The van der Waals surface area contributed by atoms with Gasteiger partial charge in [-0.25, -0.2) is 4.79 Å². The molecule has 3 rings (SSSR count). The predicted octanol–water partition coefficient (Wildman–Crippen LogP) is 2.04. The highest BCUT2D eigenvalue weighted by molar-refractivity contribution is 7.89. The van der Waals surface area contributed by atoms with Gasteiger partial charge in [0.15, 0.2) is 0 Å². The molecule has 1 aliphatic heterocycles. The maximum Gasteiger partial charge on any atom is 0.410 e. The van der Waals surface area contributed by atoms with E-state index in [1.165, 1.54) is 23.2 Å². The second kappa shape index (κ2) is 7.42. The molecule has 10 heteroatoms. The molecule has 0 atom stereocenters. The van der Waals surface area contributed by atoms with E-state index in [1.807, 2.05) is 6.92 Å². The van der Waals surface area contributed by atoms with Crippen molar-refractivity contribution in [3.63, 3.8) is 0 Å². The van der Waals surface area contributed by atoms with Crippen molar-refractivity contribution >= 4 is 16.1 Å². The number of hydrogen-bond acceptors (Lipinski definition) is 7. The van der Waals surface area contributed by atoms with Crippen LogP contribution in [0.15, 0.2) is 35.4 Å². The van der Waals surface area contributed by atoms with Crippen LogP contribution in [0.3, 0.4) is 0 Å². The van der Waals surface area contributed by atoms with Crippen LogP contribution < -0.4 is 0 Å². The van der Waals surface area contributed by atoms with Crippen molar-refractivity contribution in [1.82, 2.24) is 19.3 Å². The minimum atomic E-state index is -3.90. The first kappa shape index (κ1) is 21.3.